The van der Waals surface area contributed by atoms with Gasteiger partial charge in [0, 0.05) is 13.2 Å². The molecule has 0 unspecified atom stereocenters. The molecule has 0 amide bonds. The van der Waals surface area contributed by atoms with Crippen molar-refractivity contribution in [2.75, 3.05) is 33.5 Å². The van der Waals surface area contributed by atoms with Gasteiger partial charge in [-0.1, -0.05) is 12.8 Å². The third kappa shape index (κ3) is 5.92. The fourth-order valence-electron chi connectivity index (χ4n) is 1.80. The molecule has 0 aromatic carbocycles. The second-order valence-corrected chi connectivity index (χ2v) is 4.00. The SMILES string of the molecule is COCCOCCN=C(N)NC1CCCC1. The molecule has 0 aromatic heterocycles. The summed E-state index contributed by atoms with van der Waals surface area (Å²) in [7, 11) is 1.66. The molecule has 94 valence electrons. The molecular formula is C11H23N3O2. The average Bonchev–Trinajstić information content (AvgIpc) is 2.76. The fraction of sp³-hybridized carbons (Fsp3) is 0.909. The zero-order valence-electron chi connectivity index (χ0n) is 10.1. The van der Waals surface area contributed by atoms with E-state index in [1.165, 1.54) is 25.7 Å². The number of guanidine groups is 1. The Morgan fingerprint density at radius 3 is 2.75 bits per heavy atom. The molecule has 0 bridgehead atoms. The van der Waals surface area contributed by atoms with Gasteiger partial charge in [-0.2, -0.15) is 0 Å². The Kier molecular flexibility index (Phi) is 6.92. The topological polar surface area (TPSA) is 68.9 Å². The minimum absolute atomic E-state index is 0.526. The molecule has 1 aliphatic rings. The van der Waals surface area contributed by atoms with Crippen LogP contribution in [0.1, 0.15) is 25.7 Å². The van der Waals surface area contributed by atoms with Crippen LogP contribution in [0.5, 0.6) is 0 Å². The van der Waals surface area contributed by atoms with Crippen LogP contribution in [-0.4, -0.2) is 45.5 Å². The summed E-state index contributed by atoms with van der Waals surface area (Å²) in [5.74, 6) is 0.544. The molecule has 0 aromatic rings. The molecule has 5 heteroatoms. The smallest absolute Gasteiger partial charge is 0.188 e. The Morgan fingerprint density at radius 2 is 2.06 bits per heavy atom. The van der Waals surface area contributed by atoms with Crippen molar-refractivity contribution in [2.24, 2.45) is 10.7 Å². The molecule has 0 radical (unpaired) electrons. The molecule has 1 rings (SSSR count). The van der Waals surface area contributed by atoms with Gasteiger partial charge in [0.25, 0.3) is 0 Å². The van der Waals surface area contributed by atoms with E-state index in [1.807, 2.05) is 0 Å². The Labute approximate surface area is 97.4 Å². The Hall–Kier alpha value is -0.810. The average molecular weight is 229 g/mol. The molecule has 3 N–H and O–H groups in total. The molecular weight excluding hydrogens is 206 g/mol. The van der Waals surface area contributed by atoms with Crippen molar-refractivity contribution in [1.82, 2.24) is 5.32 Å². The summed E-state index contributed by atoms with van der Waals surface area (Å²) >= 11 is 0. The highest BCUT2D eigenvalue weighted by Gasteiger charge is 2.14. The third-order valence-corrected chi connectivity index (χ3v) is 2.66. The van der Waals surface area contributed by atoms with E-state index in [2.05, 4.69) is 10.3 Å². The second-order valence-electron chi connectivity index (χ2n) is 4.00. The first kappa shape index (κ1) is 13.3. The normalized spacial score (nSPS) is 17.9. The first-order chi connectivity index (χ1) is 7.83. The summed E-state index contributed by atoms with van der Waals surface area (Å²) in [4.78, 5) is 4.20. The van der Waals surface area contributed by atoms with Crippen LogP contribution in [0.15, 0.2) is 4.99 Å². The van der Waals surface area contributed by atoms with Crippen LogP contribution in [0.25, 0.3) is 0 Å². The van der Waals surface area contributed by atoms with E-state index in [0.29, 0.717) is 38.4 Å². The molecule has 5 nitrogen and oxygen atoms in total. The Balaban J connectivity index is 1.99. The lowest BCUT2D eigenvalue weighted by molar-refractivity contribution is 0.0748. The molecule has 0 spiro atoms. The lowest BCUT2D eigenvalue weighted by Crippen LogP contribution is -2.38. The number of hydrogen-bond donors (Lipinski definition) is 2. The highest BCUT2D eigenvalue weighted by Crippen LogP contribution is 2.17. The van der Waals surface area contributed by atoms with E-state index in [0.717, 1.165) is 0 Å². The van der Waals surface area contributed by atoms with Gasteiger partial charge in [-0.05, 0) is 12.8 Å². The number of aliphatic imine (C=N–C) groups is 1. The van der Waals surface area contributed by atoms with Gasteiger partial charge in [0.2, 0.25) is 0 Å². The first-order valence-electron chi connectivity index (χ1n) is 5.96. The Bertz CT molecular complexity index is 203. The van der Waals surface area contributed by atoms with Crippen LogP contribution < -0.4 is 11.1 Å². The van der Waals surface area contributed by atoms with Gasteiger partial charge in [0.1, 0.15) is 0 Å². The number of rotatable bonds is 7. The zero-order chi connectivity index (χ0) is 11.6. The summed E-state index contributed by atoms with van der Waals surface area (Å²) in [6.45, 7) is 2.44. The maximum atomic E-state index is 5.75. The number of ether oxygens (including phenoxy) is 2. The third-order valence-electron chi connectivity index (χ3n) is 2.66. The fourth-order valence-corrected chi connectivity index (χ4v) is 1.80. The molecule has 1 saturated carbocycles. The van der Waals surface area contributed by atoms with Crippen molar-refractivity contribution in [3.05, 3.63) is 0 Å². The van der Waals surface area contributed by atoms with Crippen LogP contribution in [-0.2, 0) is 9.47 Å². The quantitative estimate of drug-likeness (QED) is 0.379. The van der Waals surface area contributed by atoms with E-state index in [-0.39, 0.29) is 0 Å². The van der Waals surface area contributed by atoms with Crippen molar-refractivity contribution in [3.63, 3.8) is 0 Å². The predicted octanol–water partition coefficient (Wildman–Crippen LogP) is 0.496. The number of nitrogens with zero attached hydrogens (tertiary/aromatic N) is 1. The van der Waals surface area contributed by atoms with Gasteiger partial charge in [-0.15, -0.1) is 0 Å². The van der Waals surface area contributed by atoms with Crippen molar-refractivity contribution in [1.29, 1.82) is 0 Å². The van der Waals surface area contributed by atoms with Gasteiger partial charge in [0.15, 0.2) is 5.96 Å². The summed E-state index contributed by atoms with van der Waals surface area (Å²) in [5, 5.41) is 3.23. The molecule has 0 heterocycles. The van der Waals surface area contributed by atoms with Crippen molar-refractivity contribution >= 4 is 5.96 Å². The summed E-state index contributed by atoms with van der Waals surface area (Å²) in [6.07, 6.45) is 5.01. The van der Waals surface area contributed by atoms with Crippen LogP contribution in [0.3, 0.4) is 0 Å². The summed E-state index contributed by atoms with van der Waals surface area (Å²) in [6, 6.07) is 0.526. The molecule has 16 heavy (non-hydrogen) atoms. The molecule has 1 aliphatic carbocycles. The Morgan fingerprint density at radius 1 is 1.31 bits per heavy atom. The van der Waals surface area contributed by atoms with Gasteiger partial charge in [-0.25, -0.2) is 0 Å². The van der Waals surface area contributed by atoms with Crippen molar-refractivity contribution in [2.45, 2.75) is 31.7 Å². The molecule has 1 fully saturated rings. The lowest BCUT2D eigenvalue weighted by atomic mass is 10.2. The number of nitrogens with two attached hydrogens (primary N) is 1. The van der Waals surface area contributed by atoms with Crippen molar-refractivity contribution < 1.29 is 9.47 Å². The minimum Gasteiger partial charge on any atom is -0.382 e. The standard InChI is InChI=1S/C11H23N3O2/c1-15-8-9-16-7-6-13-11(12)14-10-4-2-3-5-10/h10H,2-9H2,1H3,(H3,12,13,14). The predicted molar refractivity (Wildman–Crippen MR) is 64.6 cm³/mol. The highest BCUT2D eigenvalue weighted by atomic mass is 16.5. The monoisotopic (exact) mass is 229 g/mol. The van der Waals surface area contributed by atoms with Crippen molar-refractivity contribution in [3.8, 4) is 0 Å². The van der Waals surface area contributed by atoms with E-state index in [9.17, 15) is 0 Å². The van der Waals surface area contributed by atoms with E-state index in [1.54, 1.807) is 7.11 Å². The zero-order valence-corrected chi connectivity index (χ0v) is 10.1. The second kappa shape index (κ2) is 8.35. The lowest BCUT2D eigenvalue weighted by Gasteiger charge is -2.12. The van der Waals surface area contributed by atoms with Gasteiger partial charge in [0.05, 0.1) is 26.4 Å². The number of methoxy groups -OCH3 is 1. The van der Waals surface area contributed by atoms with E-state index < -0.39 is 0 Å². The van der Waals surface area contributed by atoms with Crippen LogP contribution >= 0.6 is 0 Å². The molecule has 0 saturated heterocycles. The summed E-state index contributed by atoms with van der Waals surface area (Å²) in [5.41, 5.74) is 5.75. The molecule has 0 aliphatic heterocycles. The largest absolute Gasteiger partial charge is 0.382 e. The highest BCUT2D eigenvalue weighted by molar-refractivity contribution is 5.78. The van der Waals surface area contributed by atoms with Gasteiger partial charge >= 0.3 is 0 Å². The van der Waals surface area contributed by atoms with E-state index in [4.69, 9.17) is 15.2 Å². The number of nitrogens with one attached hydrogen (secondary N) is 1. The van der Waals surface area contributed by atoms with Gasteiger partial charge < -0.3 is 20.5 Å². The van der Waals surface area contributed by atoms with Crippen LogP contribution in [0.2, 0.25) is 0 Å². The first-order valence-corrected chi connectivity index (χ1v) is 5.96. The van der Waals surface area contributed by atoms with E-state index >= 15 is 0 Å². The van der Waals surface area contributed by atoms with Crippen LogP contribution in [0.4, 0.5) is 0 Å². The maximum absolute atomic E-state index is 5.75. The minimum atomic E-state index is 0.526. The molecule has 0 atom stereocenters. The maximum Gasteiger partial charge on any atom is 0.188 e. The van der Waals surface area contributed by atoms with Crippen LogP contribution in [0, 0.1) is 0 Å². The summed E-state index contributed by atoms with van der Waals surface area (Å²) < 4.78 is 10.1. The van der Waals surface area contributed by atoms with Gasteiger partial charge in [-0.3, -0.25) is 4.99 Å². The number of hydrogen-bond acceptors (Lipinski definition) is 3.